The van der Waals surface area contributed by atoms with Crippen LogP contribution in [0.3, 0.4) is 0 Å². The van der Waals surface area contributed by atoms with Crippen molar-refractivity contribution < 1.29 is 23.6 Å². The number of benzene rings is 2. The number of rotatable bonds is 5. The number of amides is 1. The fourth-order valence-electron chi connectivity index (χ4n) is 1.61. The van der Waals surface area contributed by atoms with Gasteiger partial charge < -0.3 is 9.84 Å². The number of nitrogens with one attached hydrogen (secondary N) is 1. The van der Waals surface area contributed by atoms with Gasteiger partial charge in [-0.25, -0.2) is 18.5 Å². The van der Waals surface area contributed by atoms with E-state index in [9.17, 15) is 13.8 Å². The van der Waals surface area contributed by atoms with E-state index in [1.807, 2.05) is 18.2 Å². The van der Waals surface area contributed by atoms with Gasteiger partial charge in [0.15, 0.2) is 11.0 Å². The number of hydrogen-bond acceptors (Lipinski definition) is 4. The number of hydrogen-bond donors (Lipinski definition) is 2. The summed E-state index contributed by atoms with van der Waals surface area (Å²) in [6, 6.07) is 14.5. The highest BCUT2D eigenvalue weighted by atomic mass is 32.2. The zero-order valence-corrected chi connectivity index (χ0v) is 12.2. The number of carboxylic acid groups (broad SMARTS) is 1. The first-order valence-electron chi connectivity index (χ1n) is 6.29. The van der Waals surface area contributed by atoms with Gasteiger partial charge in [0.05, 0.1) is 10.5 Å². The van der Waals surface area contributed by atoms with E-state index in [2.05, 4.69) is 4.72 Å². The molecule has 2 rings (SSSR count). The Morgan fingerprint density at radius 3 is 2.27 bits per heavy atom. The predicted molar refractivity (Wildman–Crippen MR) is 79.6 cm³/mol. The second-order valence-electron chi connectivity index (χ2n) is 4.26. The normalized spacial score (nSPS) is 11.5. The molecule has 0 aliphatic carbocycles. The van der Waals surface area contributed by atoms with Crippen molar-refractivity contribution in [1.29, 1.82) is 0 Å². The molecule has 0 spiro atoms. The summed E-state index contributed by atoms with van der Waals surface area (Å²) in [6.07, 6.45) is -0.815. The lowest BCUT2D eigenvalue weighted by Gasteiger charge is -2.07. The molecule has 0 radical (unpaired) electrons. The van der Waals surface area contributed by atoms with Crippen LogP contribution in [0.15, 0.2) is 59.5 Å². The van der Waals surface area contributed by atoms with Gasteiger partial charge in [0.2, 0.25) is 0 Å². The van der Waals surface area contributed by atoms with Crippen molar-refractivity contribution in [2.75, 3.05) is 0 Å². The largest absolute Gasteiger partial charge is 0.478 e. The van der Waals surface area contributed by atoms with E-state index in [4.69, 9.17) is 9.84 Å². The van der Waals surface area contributed by atoms with Crippen molar-refractivity contribution in [3.05, 3.63) is 65.7 Å². The van der Waals surface area contributed by atoms with Gasteiger partial charge in [-0.2, -0.15) is 0 Å². The molecule has 0 saturated heterocycles. The number of aromatic carboxylic acids is 1. The van der Waals surface area contributed by atoms with Crippen molar-refractivity contribution in [2.24, 2.45) is 0 Å². The maximum absolute atomic E-state index is 11.9. The summed E-state index contributed by atoms with van der Waals surface area (Å²) in [5.74, 6) is -1.08. The molecular formula is C15H13NO5S. The molecule has 6 nitrogen and oxygen atoms in total. The molecule has 22 heavy (non-hydrogen) atoms. The number of ether oxygens (including phenoxy) is 1. The van der Waals surface area contributed by atoms with Gasteiger partial charge in [0.1, 0.15) is 6.61 Å². The van der Waals surface area contributed by atoms with Crippen molar-refractivity contribution >= 4 is 23.0 Å². The van der Waals surface area contributed by atoms with Gasteiger partial charge in [-0.15, -0.1) is 0 Å². The number of carbonyl (C=O) groups is 2. The first-order chi connectivity index (χ1) is 10.6. The van der Waals surface area contributed by atoms with Crippen molar-refractivity contribution in [1.82, 2.24) is 4.72 Å². The predicted octanol–water partition coefficient (Wildman–Crippen LogP) is 2.33. The van der Waals surface area contributed by atoms with E-state index in [1.165, 1.54) is 24.3 Å². The summed E-state index contributed by atoms with van der Waals surface area (Å²) in [5, 5.41) is 8.77. The maximum Gasteiger partial charge on any atom is 0.419 e. The second-order valence-corrected chi connectivity index (χ2v) is 5.48. The molecule has 114 valence electrons. The quantitative estimate of drug-likeness (QED) is 0.882. The van der Waals surface area contributed by atoms with Gasteiger partial charge in [-0.3, -0.25) is 0 Å². The molecular weight excluding hydrogens is 306 g/mol. The van der Waals surface area contributed by atoms with E-state index in [1.54, 1.807) is 12.1 Å². The SMILES string of the molecule is O=C(NS(=O)c1ccc(C(=O)O)cc1)OCc1ccccc1. The minimum Gasteiger partial charge on any atom is -0.478 e. The standard InChI is InChI=1S/C15H13NO5S/c17-14(18)12-6-8-13(9-7-12)22(20)16-15(19)21-10-11-4-2-1-3-5-11/h1-9H,10H2,(H,16,19)(H,17,18). The Kier molecular flexibility index (Phi) is 5.26. The molecule has 0 saturated carbocycles. The molecule has 7 heteroatoms. The molecule has 0 aromatic heterocycles. The summed E-state index contributed by atoms with van der Waals surface area (Å²) in [6.45, 7) is 0.0713. The lowest BCUT2D eigenvalue weighted by atomic mass is 10.2. The average Bonchev–Trinajstić information content (AvgIpc) is 2.54. The highest BCUT2D eigenvalue weighted by Gasteiger charge is 2.11. The smallest absolute Gasteiger partial charge is 0.419 e. The van der Waals surface area contributed by atoms with Gasteiger partial charge in [0.25, 0.3) is 0 Å². The molecule has 0 bridgehead atoms. The first kappa shape index (κ1) is 15.7. The Morgan fingerprint density at radius 2 is 1.68 bits per heavy atom. The van der Waals surface area contributed by atoms with Crippen LogP contribution in [0.5, 0.6) is 0 Å². The summed E-state index contributed by atoms with van der Waals surface area (Å²) in [5.41, 5.74) is 0.890. The van der Waals surface area contributed by atoms with Crippen LogP contribution in [0, 0.1) is 0 Å². The van der Waals surface area contributed by atoms with Crippen LogP contribution in [-0.4, -0.2) is 21.4 Å². The summed E-state index contributed by atoms with van der Waals surface area (Å²) >= 11 is 0. The fraction of sp³-hybridized carbons (Fsp3) is 0.0667. The van der Waals surface area contributed by atoms with Crippen molar-refractivity contribution in [2.45, 2.75) is 11.5 Å². The third-order valence-corrected chi connectivity index (χ3v) is 3.76. The summed E-state index contributed by atoms with van der Waals surface area (Å²) < 4.78 is 19.0. The molecule has 0 heterocycles. The minimum absolute atomic E-state index is 0.0713. The monoisotopic (exact) mass is 319 g/mol. The van der Waals surface area contributed by atoms with E-state index >= 15 is 0 Å². The second kappa shape index (κ2) is 7.37. The Bertz CT molecular complexity index is 685. The molecule has 2 aromatic carbocycles. The van der Waals surface area contributed by atoms with Crippen LogP contribution in [0.4, 0.5) is 4.79 Å². The Balaban J connectivity index is 1.88. The Labute approximate surface area is 129 Å². The van der Waals surface area contributed by atoms with E-state index < -0.39 is 23.0 Å². The third-order valence-electron chi connectivity index (χ3n) is 2.70. The molecule has 2 aromatic rings. The highest BCUT2D eigenvalue weighted by Crippen LogP contribution is 2.08. The van der Waals surface area contributed by atoms with Crippen molar-refractivity contribution in [3.8, 4) is 0 Å². The topological polar surface area (TPSA) is 92.7 Å². The van der Waals surface area contributed by atoms with Crippen LogP contribution in [0.2, 0.25) is 0 Å². The molecule has 0 aliphatic heterocycles. The van der Waals surface area contributed by atoms with Gasteiger partial charge in [-0.1, -0.05) is 30.3 Å². The molecule has 1 unspecified atom stereocenters. The van der Waals surface area contributed by atoms with Crippen LogP contribution in [-0.2, 0) is 22.3 Å². The van der Waals surface area contributed by atoms with Crippen molar-refractivity contribution in [3.63, 3.8) is 0 Å². The molecule has 0 aliphatic rings. The molecule has 2 N–H and O–H groups in total. The number of carbonyl (C=O) groups excluding carboxylic acids is 1. The van der Waals surface area contributed by atoms with Crippen LogP contribution in [0.25, 0.3) is 0 Å². The minimum atomic E-state index is -1.81. The number of carboxylic acids is 1. The van der Waals surface area contributed by atoms with Gasteiger partial charge >= 0.3 is 12.1 Å². The maximum atomic E-state index is 11.9. The molecule has 0 fully saturated rings. The summed E-state index contributed by atoms with van der Waals surface area (Å²) in [4.78, 5) is 22.5. The zero-order valence-electron chi connectivity index (χ0n) is 11.4. The van der Waals surface area contributed by atoms with E-state index in [0.29, 0.717) is 0 Å². The van der Waals surface area contributed by atoms with E-state index in [0.717, 1.165) is 5.56 Å². The van der Waals surface area contributed by atoms with E-state index in [-0.39, 0.29) is 17.1 Å². The summed E-state index contributed by atoms with van der Waals surface area (Å²) in [7, 11) is -1.81. The zero-order chi connectivity index (χ0) is 15.9. The van der Waals surface area contributed by atoms with Crippen LogP contribution >= 0.6 is 0 Å². The lowest BCUT2D eigenvalue weighted by molar-refractivity contribution is 0.0696. The fourth-order valence-corrected chi connectivity index (χ4v) is 2.32. The Morgan fingerprint density at radius 1 is 1.05 bits per heavy atom. The van der Waals surface area contributed by atoms with Crippen LogP contribution < -0.4 is 4.72 Å². The first-order valence-corrected chi connectivity index (χ1v) is 7.44. The lowest BCUT2D eigenvalue weighted by Crippen LogP contribution is -2.26. The molecule has 1 atom stereocenters. The Hall–Kier alpha value is -2.67. The van der Waals surface area contributed by atoms with Gasteiger partial charge in [0, 0.05) is 0 Å². The average molecular weight is 319 g/mol. The third kappa shape index (κ3) is 4.42. The molecule has 1 amide bonds. The van der Waals surface area contributed by atoms with Crippen LogP contribution in [0.1, 0.15) is 15.9 Å². The van der Waals surface area contributed by atoms with Gasteiger partial charge in [-0.05, 0) is 29.8 Å². The highest BCUT2D eigenvalue weighted by molar-refractivity contribution is 7.83.